The summed E-state index contributed by atoms with van der Waals surface area (Å²) in [5.74, 6) is -8.95. The maximum absolute atomic E-state index is 14.4. The van der Waals surface area contributed by atoms with Gasteiger partial charge in [0.05, 0.1) is 31.3 Å². The largest absolute Gasteiger partial charge is 0.507 e. The Balaban J connectivity index is 1.77. The van der Waals surface area contributed by atoms with Crippen LogP contribution in [-0.4, -0.2) is 69.9 Å². The van der Waals surface area contributed by atoms with Crippen LogP contribution >= 0.6 is 0 Å². The molecule has 0 saturated carbocycles. The molecule has 0 heterocycles. The molecule has 1 atom stereocenters. The first kappa shape index (κ1) is 34.4. The van der Waals surface area contributed by atoms with E-state index in [0.29, 0.717) is 0 Å². The van der Waals surface area contributed by atoms with E-state index in [1.165, 1.54) is 58.0 Å². The minimum atomic E-state index is -2.40. The lowest BCUT2D eigenvalue weighted by molar-refractivity contribution is -0.157. The number of ketones is 3. The normalized spacial score (nSPS) is 15.8. The highest BCUT2D eigenvalue weighted by Gasteiger charge is 2.53. The summed E-state index contributed by atoms with van der Waals surface area (Å²) < 4.78 is 15.8. The lowest BCUT2D eigenvalue weighted by atomic mass is 9.67. The van der Waals surface area contributed by atoms with E-state index in [2.05, 4.69) is 0 Å². The number of phenols is 4. The Bertz CT molecular complexity index is 2310. The highest BCUT2D eigenvalue weighted by molar-refractivity contribution is 6.30. The Hall–Kier alpha value is -6.50. The Labute approximate surface area is 289 Å². The van der Waals surface area contributed by atoms with Crippen molar-refractivity contribution in [2.24, 2.45) is 5.92 Å². The van der Waals surface area contributed by atoms with Gasteiger partial charge in [0.1, 0.15) is 34.1 Å². The van der Waals surface area contributed by atoms with Gasteiger partial charge in [-0.05, 0) is 55.3 Å². The Morgan fingerprint density at radius 2 is 1.20 bits per heavy atom. The summed E-state index contributed by atoms with van der Waals surface area (Å²) in [5, 5.41) is 45.2. The quantitative estimate of drug-likeness (QED) is 0.148. The monoisotopic (exact) mass is 694 g/mol. The number of phenolic OH excluding ortho intramolecular Hbond substituents is 4. The molecule has 0 saturated heterocycles. The molecule has 4 N–H and O–H groups in total. The molecule has 6 rings (SSSR count). The summed E-state index contributed by atoms with van der Waals surface area (Å²) in [4.78, 5) is 81.5. The van der Waals surface area contributed by atoms with E-state index in [1.54, 1.807) is 0 Å². The molecule has 0 bridgehead atoms. The number of ether oxygens (including phenoxy) is 3. The zero-order valence-corrected chi connectivity index (χ0v) is 28.1. The van der Waals surface area contributed by atoms with Crippen molar-refractivity contribution in [1.29, 1.82) is 0 Å². The molecular formula is C38H30O13. The average molecular weight is 695 g/mol. The Kier molecular flexibility index (Phi) is 7.97. The van der Waals surface area contributed by atoms with E-state index in [1.807, 2.05) is 0 Å². The van der Waals surface area contributed by atoms with Crippen molar-refractivity contribution in [2.45, 2.75) is 33.3 Å². The van der Waals surface area contributed by atoms with Crippen molar-refractivity contribution in [3.8, 4) is 23.0 Å². The number of carbonyl (C=O) groups is 6. The van der Waals surface area contributed by atoms with Crippen LogP contribution in [0.1, 0.15) is 110 Å². The van der Waals surface area contributed by atoms with Crippen LogP contribution in [-0.2, 0) is 24.6 Å². The van der Waals surface area contributed by atoms with E-state index in [-0.39, 0.29) is 66.8 Å². The summed E-state index contributed by atoms with van der Waals surface area (Å²) in [6.07, 6.45) is 0. The number of hydrogen-bond donors (Lipinski definition) is 4. The summed E-state index contributed by atoms with van der Waals surface area (Å²) in [5.41, 5.74) is -6.20. The minimum Gasteiger partial charge on any atom is -0.507 e. The second kappa shape index (κ2) is 11.8. The van der Waals surface area contributed by atoms with Crippen LogP contribution in [0.25, 0.3) is 0 Å². The van der Waals surface area contributed by atoms with Crippen LogP contribution in [0.3, 0.4) is 0 Å². The highest BCUT2D eigenvalue weighted by Crippen LogP contribution is 2.55. The van der Waals surface area contributed by atoms with Crippen LogP contribution in [0.2, 0.25) is 0 Å². The number of fused-ring (bicyclic) bond motifs is 4. The van der Waals surface area contributed by atoms with Gasteiger partial charge in [-0.1, -0.05) is 26.0 Å². The predicted octanol–water partition coefficient (Wildman–Crippen LogP) is 4.51. The van der Waals surface area contributed by atoms with Crippen LogP contribution in [0.15, 0.2) is 42.5 Å². The van der Waals surface area contributed by atoms with Crippen molar-refractivity contribution in [3.05, 3.63) is 115 Å². The average Bonchev–Trinajstić information content (AvgIpc) is 3.07. The van der Waals surface area contributed by atoms with Crippen LogP contribution in [0, 0.1) is 19.8 Å². The topological polar surface area (TPSA) is 211 Å². The second-order valence-corrected chi connectivity index (χ2v) is 12.4. The molecule has 2 aliphatic carbocycles. The molecule has 13 nitrogen and oxygen atoms in total. The second-order valence-electron chi connectivity index (χ2n) is 12.4. The van der Waals surface area contributed by atoms with Crippen molar-refractivity contribution in [2.75, 3.05) is 14.2 Å². The smallest absolute Gasteiger partial charge is 0.341 e. The molecule has 0 amide bonds. The third-order valence-electron chi connectivity index (χ3n) is 9.37. The number of benzene rings is 4. The summed E-state index contributed by atoms with van der Waals surface area (Å²) in [7, 11) is 2.13. The van der Waals surface area contributed by atoms with Crippen molar-refractivity contribution < 1.29 is 63.4 Å². The number of rotatable bonds is 5. The molecule has 0 aromatic heterocycles. The van der Waals surface area contributed by atoms with Gasteiger partial charge in [-0.3, -0.25) is 19.2 Å². The van der Waals surface area contributed by atoms with Gasteiger partial charge in [-0.2, -0.15) is 0 Å². The van der Waals surface area contributed by atoms with Gasteiger partial charge in [0, 0.05) is 38.9 Å². The first-order valence-electron chi connectivity index (χ1n) is 15.5. The molecule has 4 aromatic carbocycles. The maximum Gasteiger partial charge on any atom is 0.341 e. The standard InChI is InChI=1S/C38H30O13/c1-14(2)35(46)51-38(19-8-7-9-22(39)30(19)34(45)26-16(4)28(37(48)50-6)24(41)13-21(26)38)20-11-10-17-29(32(20)43)33(44)25-15(3)27(36(47)49-5)23(40)12-18(25)31(17)42/h7-14,39-41,43H,1-6H3. The number of aromatic hydroxyl groups is 4. The van der Waals surface area contributed by atoms with Gasteiger partial charge < -0.3 is 34.6 Å². The van der Waals surface area contributed by atoms with Gasteiger partial charge in [0.2, 0.25) is 0 Å². The molecule has 0 fully saturated rings. The van der Waals surface area contributed by atoms with Crippen molar-refractivity contribution in [1.82, 2.24) is 0 Å². The maximum atomic E-state index is 14.4. The van der Waals surface area contributed by atoms with E-state index >= 15 is 0 Å². The SMILES string of the molecule is COC(=O)c1c(O)cc2c(c1C)C(=O)c1c(ccc(C3(OC(=O)C(C)C)c4cccc(O)c4C(=O)c4c3cc(O)c(C(=O)OC)c4C)c1O)C2=O. The highest BCUT2D eigenvalue weighted by atomic mass is 16.6. The molecule has 4 aromatic rings. The van der Waals surface area contributed by atoms with Crippen molar-refractivity contribution >= 4 is 35.3 Å². The summed E-state index contributed by atoms with van der Waals surface area (Å²) in [6.45, 7) is 5.69. The third-order valence-corrected chi connectivity index (χ3v) is 9.37. The molecule has 260 valence electrons. The van der Waals surface area contributed by atoms with Crippen molar-refractivity contribution in [3.63, 3.8) is 0 Å². The first-order chi connectivity index (χ1) is 24.0. The predicted molar refractivity (Wildman–Crippen MR) is 176 cm³/mol. The minimum absolute atomic E-state index is 0.105. The number of hydrogen-bond acceptors (Lipinski definition) is 13. The molecular weight excluding hydrogens is 664 g/mol. The number of methoxy groups -OCH3 is 2. The third kappa shape index (κ3) is 4.61. The summed E-state index contributed by atoms with van der Waals surface area (Å²) in [6, 6.07) is 8.25. The van der Waals surface area contributed by atoms with E-state index < -0.39 is 75.3 Å². The fraction of sp³-hybridized carbons (Fsp3) is 0.211. The van der Waals surface area contributed by atoms with Gasteiger partial charge >= 0.3 is 17.9 Å². The molecule has 1 unspecified atom stereocenters. The molecule has 0 spiro atoms. The molecule has 2 aliphatic rings. The zero-order chi connectivity index (χ0) is 37.4. The van der Waals surface area contributed by atoms with Crippen LogP contribution in [0.4, 0.5) is 0 Å². The van der Waals surface area contributed by atoms with Gasteiger partial charge in [-0.25, -0.2) is 9.59 Å². The van der Waals surface area contributed by atoms with Gasteiger partial charge in [0.15, 0.2) is 23.0 Å². The zero-order valence-electron chi connectivity index (χ0n) is 28.1. The van der Waals surface area contributed by atoms with Gasteiger partial charge in [-0.15, -0.1) is 0 Å². The van der Waals surface area contributed by atoms with Gasteiger partial charge in [0.25, 0.3) is 0 Å². The number of esters is 3. The number of carbonyl (C=O) groups excluding carboxylic acids is 6. The Morgan fingerprint density at radius 3 is 1.78 bits per heavy atom. The fourth-order valence-electron chi connectivity index (χ4n) is 6.99. The van der Waals surface area contributed by atoms with E-state index in [4.69, 9.17) is 14.2 Å². The lowest BCUT2D eigenvalue weighted by Gasteiger charge is -2.42. The molecule has 0 radical (unpaired) electrons. The lowest BCUT2D eigenvalue weighted by Crippen LogP contribution is -2.43. The molecule has 13 heteroatoms. The molecule has 51 heavy (non-hydrogen) atoms. The fourth-order valence-corrected chi connectivity index (χ4v) is 6.99. The van der Waals surface area contributed by atoms with E-state index in [0.717, 1.165) is 26.4 Å². The summed E-state index contributed by atoms with van der Waals surface area (Å²) >= 11 is 0. The van der Waals surface area contributed by atoms with Crippen LogP contribution in [0.5, 0.6) is 23.0 Å². The van der Waals surface area contributed by atoms with Crippen LogP contribution < -0.4 is 0 Å². The van der Waals surface area contributed by atoms with E-state index in [9.17, 15) is 49.2 Å². The Morgan fingerprint density at radius 1 is 0.627 bits per heavy atom. The molecule has 0 aliphatic heterocycles. The first-order valence-corrected chi connectivity index (χ1v) is 15.5.